The monoisotopic (exact) mass is 468 g/mol. The summed E-state index contributed by atoms with van der Waals surface area (Å²) in [5.41, 5.74) is -0.106. The predicted octanol–water partition coefficient (Wildman–Crippen LogP) is 2.49. The van der Waals surface area contributed by atoms with Crippen molar-refractivity contribution in [2.45, 2.75) is 37.8 Å². The Bertz CT molecular complexity index is 953. The van der Waals surface area contributed by atoms with Crippen molar-refractivity contribution in [1.82, 2.24) is 10.6 Å². The first-order valence-electron chi connectivity index (χ1n) is 9.85. The van der Waals surface area contributed by atoms with Crippen molar-refractivity contribution in [2.75, 3.05) is 6.54 Å². The van der Waals surface area contributed by atoms with Gasteiger partial charge in [0.1, 0.15) is 12.6 Å². The number of alkyl carbamates (subject to hydrolysis) is 1. The Morgan fingerprint density at radius 3 is 2.30 bits per heavy atom. The molecule has 2 atom stereocenters. The van der Waals surface area contributed by atoms with E-state index < -0.39 is 48.3 Å². The average molecular weight is 468 g/mol. The molecule has 2 amide bonds. The average Bonchev–Trinajstić information content (AvgIpc) is 2.76. The molecule has 0 saturated carbocycles. The molecule has 2 aromatic carbocycles. The number of carbonyl (C=O) groups excluding carboxylic acids is 2. The van der Waals surface area contributed by atoms with Crippen molar-refractivity contribution in [2.24, 2.45) is 0 Å². The SMILES string of the molecule is O=C(C[C@@H](O)CNC(=O)OCc1ccccc1)N[C@H](Cc1cccc(C(F)(F)F)c1)C(=O)O. The van der Waals surface area contributed by atoms with Gasteiger partial charge in [-0.05, 0) is 17.2 Å². The van der Waals surface area contributed by atoms with Gasteiger partial charge in [0.2, 0.25) is 5.91 Å². The minimum absolute atomic E-state index is 0.0130. The third-order valence-electron chi connectivity index (χ3n) is 4.44. The first-order chi connectivity index (χ1) is 15.5. The second-order valence-corrected chi connectivity index (χ2v) is 7.16. The Morgan fingerprint density at radius 2 is 1.67 bits per heavy atom. The molecule has 0 saturated heterocycles. The van der Waals surface area contributed by atoms with Crippen LogP contribution in [0.4, 0.5) is 18.0 Å². The van der Waals surface area contributed by atoms with Crippen LogP contribution in [0, 0.1) is 0 Å². The fourth-order valence-corrected chi connectivity index (χ4v) is 2.83. The number of aliphatic hydroxyl groups excluding tert-OH is 1. The Balaban J connectivity index is 1.80. The second-order valence-electron chi connectivity index (χ2n) is 7.16. The number of hydrogen-bond acceptors (Lipinski definition) is 5. The van der Waals surface area contributed by atoms with Crippen LogP contribution < -0.4 is 10.6 Å². The zero-order valence-corrected chi connectivity index (χ0v) is 17.3. The van der Waals surface area contributed by atoms with Crippen LogP contribution in [0.1, 0.15) is 23.1 Å². The van der Waals surface area contributed by atoms with Gasteiger partial charge in [-0.1, -0.05) is 48.5 Å². The van der Waals surface area contributed by atoms with E-state index >= 15 is 0 Å². The van der Waals surface area contributed by atoms with Gasteiger partial charge in [0.25, 0.3) is 0 Å². The van der Waals surface area contributed by atoms with E-state index in [1.165, 1.54) is 6.07 Å². The topological polar surface area (TPSA) is 125 Å². The Kier molecular flexibility index (Phi) is 9.22. The van der Waals surface area contributed by atoms with Crippen LogP contribution in [0.5, 0.6) is 0 Å². The zero-order valence-electron chi connectivity index (χ0n) is 17.3. The number of ether oxygens (including phenoxy) is 1. The highest BCUT2D eigenvalue weighted by Crippen LogP contribution is 2.29. The fraction of sp³-hybridized carbons (Fsp3) is 0.318. The highest BCUT2D eigenvalue weighted by molar-refractivity contribution is 5.84. The summed E-state index contributed by atoms with van der Waals surface area (Å²) >= 11 is 0. The summed E-state index contributed by atoms with van der Waals surface area (Å²) in [5.74, 6) is -2.29. The summed E-state index contributed by atoms with van der Waals surface area (Å²) in [5, 5.41) is 23.7. The first-order valence-corrected chi connectivity index (χ1v) is 9.85. The third kappa shape index (κ3) is 9.19. The van der Waals surface area contributed by atoms with E-state index in [4.69, 9.17) is 4.74 Å². The number of hydrogen-bond donors (Lipinski definition) is 4. The molecule has 0 bridgehead atoms. The van der Waals surface area contributed by atoms with E-state index in [-0.39, 0.29) is 25.1 Å². The molecule has 0 aliphatic carbocycles. The molecule has 178 valence electrons. The molecule has 0 heterocycles. The zero-order chi connectivity index (χ0) is 24.4. The van der Waals surface area contributed by atoms with E-state index in [1.54, 1.807) is 30.3 Å². The van der Waals surface area contributed by atoms with Crippen LogP contribution in [0.3, 0.4) is 0 Å². The lowest BCUT2D eigenvalue weighted by Gasteiger charge is -2.17. The number of amides is 2. The summed E-state index contributed by atoms with van der Waals surface area (Å²) < 4.78 is 43.4. The van der Waals surface area contributed by atoms with Gasteiger partial charge >= 0.3 is 18.2 Å². The van der Waals surface area contributed by atoms with Gasteiger partial charge in [0.15, 0.2) is 0 Å². The van der Waals surface area contributed by atoms with Crippen LogP contribution in [-0.2, 0) is 33.5 Å². The fourth-order valence-electron chi connectivity index (χ4n) is 2.83. The molecule has 4 N–H and O–H groups in total. The maximum atomic E-state index is 12.8. The van der Waals surface area contributed by atoms with Crippen molar-refractivity contribution in [3.05, 3.63) is 71.3 Å². The summed E-state index contributed by atoms with van der Waals surface area (Å²) in [7, 11) is 0. The van der Waals surface area contributed by atoms with Gasteiger partial charge < -0.3 is 25.6 Å². The van der Waals surface area contributed by atoms with Crippen LogP contribution in [0.2, 0.25) is 0 Å². The van der Waals surface area contributed by atoms with Gasteiger partial charge in [0, 0.05) is 13.0 Å². The maximum Gasteiger partial charge on any atom is 0.416 e. The summed E-state index contributed by atoms with van der Waals surface area (Å²) in [6.45, 7) is -0.314. The molecule has 0 aromatic heterocycles. The summed E-state index contributed by atoms with van der Waals surface area (Å²) in [6.07, 6.45) is -7.66. The van der Waals surface area contributed by atoms with Gasteiger partial charge in [-0.15, -0.1) is 0 Å². The van der Waals surface area contributed by atoms with E-state index in [2.05, 4.69) is 10.6 Å². The largest absolute Gasteiger partial charge is 0.480 e. The number of carbonyl (C=O) groups is 3. The number of carboxylic acid groups (broad SMARTS) is 1. The van der Waals surface area contributed by atoms with E-state index in [9.17, 15) is 37.8 Å². The molecular formula is C22H23F3N2O6. The number of aliphatic hydroxyl groups is 1. The molecule has 2 aromatic rings. The molecule has 8 nitrogen and oxygen atoms in total. The van der Waals surface area contributed by atoms with Crippen LogP contribution in [0.15, 0.2) is 54.6 Å². The van der Waals surface area contributed by atoms with E-state index in [0.29, 0.717) is 0 Å². The van der Waals surface area contributed by atoms with Crippen LogP contribution in [0.25, 0.3) is 0 Å². The molecule has 0 spiro atoms. The molecular weight excluding hydrogens is 445 g/mol. The van der Waals surface area contributed by atoms with Crippen molar-refractivity contribution in [1.29, 1.82) is 0 Å². The van der Waals surface area contributed by atoms with E-state index in [0.717, 1.165) is 23.8 Å². The predicted molar refractivity (Wildman–Crippen MR) is 110 cm³/mol. The highest BCUT2D eigenvalue weighted by Gasteiger charge is 2.31. The lowest BCUT2D eigenvalue weighted by Crippen LogP contribution is -2.44. The molecule has 0 aliphatic rings. The number of halogens is 3. The normalized spacial score (nSPS) is 13.0. The third-order valence-corrected chi connectivity index (χ3v) is 4.44. The van der Waals surface area contributed by atoms with Gasteiger partial charge in [0.05, 0.1) is 18.1 Å². The van der Waals surface area contributed by atoms with E-state index in [1.807, 2.05) is 0 Å². The molecule has 0 fully saturated rings. The lowest BCUT2D eigenvalue weighted by molar-refractivity contribution is -0.142. The number of carboxylic acids is 1. The maximum absolute atomic E-state index is 12.8. The van der Waals surface area contributed by atoms with Gasteiger partial charge in [-0.3, -0.25) is 4.79 Å². The minimum atomic E-state index is -4.59. The Hall–Kier alpha value is -3.60. The summed E-state index contributed by atoms with van der Waals surface area (Å²) in [6, 6.07) is 11.5. The Morgan fingerprint density at radius 1 is 1.00 bits per heavy atom. The molecule has 11 heteroatoms. The molecule has 0 radical (unpaired) electrons. The second kappa shape index (κ2) is 11.9. The smallest absolute Gasteiger partial charge is 0.416 e. The molecule has 33 heavy (non-hydrogen) atoms. The molecule has 0 aliphatic heterocycles. The number of aliphatic carboxylic acids is 1. The minimum Gasteiger partial charge on any atom is -0.480 e. The molecule has 0 unspecified atom stereocenters. The van der Waals surface area contributed by atoms with Gasteiger partial charge in [-0.2, -0.15) is 13.2 Å². The number of rotatable bonds is 10. The number of nitrogens with one attached hydrogen (secondary N) is 2. The standard InChI is InChI=1S/C22H23F3N2O6/c23-22(24,25)16-8-4-7-15(9-16)10-18(20(30)31)27-19(29)11-17(28)12-26-21(32)33-13-14-5-2-1-3-6-14/h1-9,17-18,28H,10-13H2,(H,26,32)(H,27,29)(H,30,31)/t17-,18-/m1/s1. The lowest BCUT2D eigenvalue weighted by atomic mass is 10.0. The van der Waals surface area contributed by atoms with Crippen molar-refractivity contribution >= 4 is 18.0 Å². The van der Waals surface area contributed by atoms with Crippen molar-refractivity contribution in [3.8, 4) is 0 Å². The van der Waals surface area contributed by atoms with Crippen LogP contribution in [-0.4, -0.2) is 46.9 Å². The number of benzene rings is 2. The van der Waals surface area contributed by atoms with Crippen molar-refractivity contribution < 1.29 is 42.5 Å². The number of alkyl halides is 3. The first kappa shape index (κ1) is 25.7. The molecule has 2 rings (SSSR count). The van der Waals surface area contributed by atoms with Crippen molar-refractivity contribution in [3.63, 3.8) is 0 Å². The Labute approximate surface area is 187 Å². The highest BCUT2D eigenvalue weighted by atomic mass is 19.4. The van der Waals surface area contributed by atoms with Gasteiger partial charge in [-0.25, -0.2) is 9.59 Å². The van der Waals surface area contributed by atoms with Crippen LogP contribution >= 0.6 is 0 Å². The summed E-state index contributed by atoms with van der Waals surface area (Å²) in [4.78, 5) is 35.2. The quantitative estimate of drug-likeness (QED) is 0.425.